The van der Waals surface area contributed by atoms with Crippen molar-refractivity contribution in [3.8, 4) is 0 Å². The predicted molar refractivity (Wildman–Crippen MR) is 63.4 cm³/mol. The van der Waals surface area contributed by atoms with Crippen LogP contribution in [0.15, 0.2) is 18.3 Å². The lowest BCUT2D eigenvalue weighted by atomic mass is 10.2. The summed E-state index contributed by atoms with van der Waals surface area (Å²) >= 11 is 0. The number of hydrogen-bond acceptors (Lipinski definition) is 2. The molecule has 0 radical (unpaired) electrons. The van der Waals surface area contributed by atoms with E-state index in [9.17, 15) is 4.79 Å². The van der Waals surface area contributed by atoms with E-state index in [1.165, 1.54) is 12.8 Å². The Hall–Kier alpha value is -1.58. The summed E-state index contributed by atoms with van der Waals surface area (Å²) < 4.78 is 0. The van der Waals surface area contributed by atoms with E-state index in [4.69, 9.17) is 0 Å². The van der Waals surface area contributed by atoms with Gasteiger partial charge in [0.25, 0.3) is 0 Å². The Balaban J connectivity index is 1.86. The molecule has 0 aliphatic heterocycles. The van der Waals surface area contributed by atoms with E-state index < -0.39 is 0 Å². The van der Waals surface area contributed by atoms with Gasteiger partial charge in [-0.15, -0.1) is 0 Å². The van der Waals surface area contributed by atoms with Crippen molar-refractivity contribution in [1.29, 1.82) is 0 Å². The van der Waals surface area contributed by atoms with Crippen LogP contribution in [0.25, 0.3) is 0 Å². The fourth-order valence-corrected chi connectivity index (χ4v) is 2.05. The van der Waals surface area contributed by atoms with Gasteiger partial charge in [0.15, 0.2) is 0 Å². The molecule has 0 atom stereocenters. The number of anilines is 1. The van der Waals surface area contributed by atoms with Crippen molar-refractivity contribution in [1.82, 2.24) is 10.3 Å². The molecular formula is C12H17N3O. The van der Waals surface area contributed by atoms with E-state index in [-0.39, 0.29) is 6.03 Å². The molecule has 2 amide bonds. The Bertz CT molecular complexity index is 372. The van der Waals surface area contributed by atoms with Crippen LogP contribution in [0.2, 0.25) is 0 Å². The van der Waals surface area contributed by atoms with Crippen molar-refractivity contribution < 1.29 is 4.79 Å². The first-order chi connectivity index (χ1) is 7.74. The number of pyridine rings is 1. The first-order valence-electron chi connectivity index (χ1n) is 5.74. The number of urea groups is 1. The molecular weight excluding hydrogens is 202 g/mol. The number of hydrogen-bond donors (Lipinski definition) is 2. The summed E-state index contributed by atoms with van der Waals surface area (Å²) in [5.74, 6) is 0. The van der Waals surface area contributed by atoms with Crippen molar-refractivity contribution in [2.75, 3.05) is 5.32 Å². The van der Waals surface area contributed by atoms with Gasteiger partial charge in [0.1, 0.15) is 0 Å². The molecule has 0 spiro atoms. The van der Waals surface area contributed by atoms with E-state index in [0.717, 1.165) is 24.2 Å². The van der Waals surface area contributed by atoms with Gasteiger partial charge in [-0.25, -0.2) is 4.79 Å². The average molecular weight is 219 g/mol. The van der Waals surface area contributed by atoms with E-state index in [0.29, 0.717) is 6.04 Å². The molecule has 2 N–H and O–H groups in total. The minimum Gasteiger partial charge on any atom is -0.335 e. The van der Waals surface area contributed by atoms with Gasteiger partial charge in [-0.2, -0.15) is 0 Å². The molecule has 1 aromatic rings. The standard InChI is InChI=1S/C12H17N3O/c1-9-8-11(6-7-13-9)15-12(16)14-10-4-2-3-5-10/h6-8,10H,2-5H2,1H3,(H2,13,14,15,16). The molecule has 4 heteroatoms. The van der Waals surface area contributed by atoms with E-state index in [1.807, 2.05) is 13.0 Å². The van der Waals surface area contributed by atoms with Crippen LogP contribution < -0.4 is 10.6 Å². The number of rotatable bonds is 2. The van der Waals surface area contributed by atoms with Gasteiger partial charge in [-0.3, -0.25) is 4.98 Å². The van der Waals surface area contributed by atoms with Crippen LogP contribution in [0.5, 0.6) is 0 Å². The molecule has 1 aromatic heterocycles. The van der Waals surface area contributed by atoms with E-state index in [1.54, 1.807) is 12.3 Å². The Morgan fingerprint density at radius 2 is 2.19 bits per heavy atom. The second-order valence-corrected chi connectivity index (χ2v) is 4.27. The zero-order valence-electron chi connectivity index (χ0n) is 9.49. The van der Waals surface area contributed by atoms with Gasteiger partial charge in [0.2, 0.25) is 0 Å². The van der Waals surface area contributed by atoms with E-state index >= 15 is 0 Å². The van der Waals surface area contributed by atoms with Crippen molar-refractivity contribution in [2.45, 2.75) is 38.6 Å². The third-order valence-electron chi connectivity index (χ3n) is 2.84. The number of nitrogens with zero attached hydrogens (tertiary/aromatic N) is 1. The number of carbonyl (C=O) groups excluding carboxylic acids is 1. The van der Waals surface area contributed by atoms with Crippen LogP contribution in [-0.4, -0.2) is 17.1 Å². The highest BCUT2D eigenvalue weighted by Gasteiger charge is 2.16. The zero-order valence-corrected chi connectivity index (χ0v) is 9.49. The van der Waals surface area contributed by atoms with Gasteiger partial charge >= 0.3 is 6.03 Å². The largest absolute Gasteiger partial charge is 0.335 e. The Morgan fingerprint density at radius 1 is 1.44 bits per heavy atom. The maximum Gasteiger partial charge on any atom is 0.319 e. The van der Waals surface area contributed by atoms with Crippen molar-refractivity contribution >= 4 is 11.7 Å². The molecule has 0 aromatic carbocycles. The summed E-state index contributed by atoms with van der Waals surface area (Å²) in [5, 5.41) is 5.80. The Kier molecular flexibility index (Phi) is 3.39. The van der Waals surface area contributed by atoms with Gasteiger partial charge in [-0.1, -0.05) is 12.8 Å². The van der Waals surface area contributed by atoms with Gasteiger partial charge in [0.05, 0.1) is 0 Å². The molecule has 1 heterocycles. The Morgan fingerprint density at radius 3 is 2.88 bits per heavy atom. The number of nitrogens with one attached hydrogen (secondary N) is 2. The summed E-state index contributed by atoms with van der Waals surface area (Å²) in [6.45, 7) is 1.90. The molecule has 1 aliphatic carbocycles. The first kappa shape index (κ1) is 10.9. The number of aryl methyl sites for hydroxylation is 1. The average Bonchev–Trinajstić information content (AvgIpc) is 2.70. The zero-order chi connectivity index (χ0) is 11.4. The summed E-state index contributed by atoms with van der Waals surface area (Å²) in [6, 6.07) is 3.88. The topological polar surface area (TPSA) is 54.0 Å². The molecule has 4 nitrogen and oxygen atoms in total. The van der Waals surface area contributed by atoms with Crippen LogP contribution in [0.4, 0.5) is 10.5 Å². The summed E-state index contributed by atoms with van der Waals surface area (Å²) in [4.78, 5) is 15.7. The molecule has 0 bridgehead atoms. The Labute approximate surface area is 95.5 Å². The third-order valence-corrected chi connectivity index (χ3v) is 2.84. The highest BCUT2D eigenvalue weighted by atomic mass is 16.2. The normalized spacial score (nSPS) is 16.1. The monoisotopic (exact) mass is 219 g/mol. The first-order valence-corrected chi connectivity index (χ1v) is 5.74. The fourth-order valence-electron chi connectivity index (χ4n) is 2.05. The minimum absolute atomic E-state index is 0.113. The lowest BCUT2D eigenvalue weighted by molar-refractivity contribution is 0.248. The molecule has 1 fully saturated rings. The van der Waals surface area contributed by atoms with Crippen LogP contribution in [0, 0.1) is 6.92 Å². The molecule has 1 saturated carbocycles. The third kappa shape index (κ3) is 2.95. The molecule has 1 aliphatic rings. The molecule has 0 unspecified atom stereocenters. The summed E-state index contributed by atoms with van der Waals surface area (Å²) in [6.07, 6.45) is 6.34. The maximum absolute atomic E-state index is 11.6. The number of carbonyl (C=O) groups is 1. The van der Waals surface area contributed by atoms with Crippen LogP contribution in [0.1, 0.15) is 31.4 Å². The highest BCUT2D eigenvalue weighted by molar-refractivity contribution is 5.89. The SMILES string of the molecule is Cc1cc(NC(=O)NC2CCCC2)ccn1. The second kappa shape index (κ2) is 4.96. The van der Waals surface area contributed by atoms with E-state index in [2.05, 4.69) is 15.6 Å². The minimum atomic E-state index is -0.113. The lowest BCUT2D eigenvalue weighted by Crippen LogP contribution is -2.36. The molecule has 0 saturated heterocycles. The van der Waals surface area contributed by atoms with Crippen molar-refractivity contribution in [3.63, 3.8) is 0 Å². The quantitative estimate of drug-likeness (QED) is 0.802. The van der Waals surface area contributed by atoms with Crippen molar-refractivity contribution in [2.24, 2.45) is 0 Å². The lowest BCUT2D eigenvalue weighted by Gasteiger charge is -2.12. The maximum atomic E-state index is 11.6. The van der Waals surface area contributed by atoms with Gasteiger partial charge in [0, 0.05) is 23.6 Å². The second-order valence-electron chi connectivity index (χ2n) is 4.27. The number of aromatic nitrogens is 1. The van der Waals surface area contributed by atoms with Gasteiger partial charge < -0.3 is 10.6 Å². The van der Waals surface area contributed by atoms with Crippen LogP contribution >= 0.6 is 0 Å². The summed E-state index contributed by atoms with van der Waals surface area (Å²) in [5.41, 5.74) is 1.70. The van der Waals surface area contributed by atoms with Gasteiger partial charge in [-0.05, 0) is 31.9 Å². The smallest absolute Gasteiger partial charge is 0.319 e. The summed E-state index contributed by atoms with van der Waals surface area (Å²) in [7, 11) is 0. The van der Waals surface area contributed by atoms with Crippen molar-refractivity contribution in [3.05, 3.63) is 24.0 Å². The number of amides is 2. The molecule has 86 valence electrons. The van der Waals surface area contributed by atoms with Crippen LogP contribution in [-0.2, 0) is 0 Å². The highest BCUT2D eigenvalue weighted by Crippen LogP contribution is 2.17. The fraction of sp³-hybridized carbons (Fsp3) is 0.500. The molecule has 2 rings (SSSR count). The molecule has 16 heavy (non-hydrogen) atoms. The predicted octanol–water partition coefficient (Wildman–Crippen LogP) is 2.45. The van der Waals surface area contributed by atoms with Crippen LogP contribution in [0.3, 0.4) is 0 Å².